The molecule has 2 aromatic carbocycles. The Morgan fingerprint density at radius 3 is 2.46 bits per heavy atom. The van der Waals surface area contributed by atoms with Crippen molar-refractivity contribution in [3.63, 3.8) is 0 Å². The third-order valence-corrected chi connectivity index (χ3v) is 9.63. The molecule has 2 aromatic heterocycles. The minimum absolute atomic E-state index is 0.184. The lowest BCUT2D eigenvalue weighted by atomic mass is 9.91. The van der Waals surface area contributed by atoms with Crippen LogP contribution in [0, 0.1) is 0 Å². The van der Waals surface area contributed by atoms with Crippen LogP contribution in [0.25, 0.3) is 22.3 Å². The number of hydrogen-bond donors (Lipinski definition) is 2. The summed E-state index contributed by atoms with van der Waals surface area (Å²) in [6.07, 6.45) is 2.65. The van der Waals surface area contributed by atoms with Gasteiger partial charge in [-0.2, -0.15) is 16.9 Å². The molecule has 6 rings (SSSR count). The maximum Gasteiger partial charge on any atom is 0.281 e. The van der Waals surface area contributed by atoms with Gasteiger partial charge in [0.05, 0.1) is 24.2 Å². The van der Waals surface area contributed by atoms with Gasteiger partial charge in [0.1, 0.15) is 5.52 Å². The third-order valence-electron chi connectivity index (χ3n) is 8.33. The highest BCUT2D eigenvalue weighted by molar-refractivity contribution is 7.99. The average molecular weight is 594 g/mol. The molecular formula is C30H36ClN7O2S. The van der Waals surface area contributed by atoms with Crippen molar-refractivity contribution in [3.05, 3.63) is 75.3 Å². The minimum atomic E-state index is -0.995. The smallest absolute Gasteiger partial charge is 0.281 e. The van der Waals surface area contributed by atoms with E-state index >= 15 is 0 Å². The van der Waals surface area contributed by atoms with Gasteiger partial charge in [-0.25, -0.2) is 4.98 Å². The van der Waals surface area contributed by atoms with Crippen molar-refractivity contribution < 1.29 is 5.11 Å². The normalized spacial score (nSPS) is 17.8. The van der Waals surface area contributed by atoms with Gasteiger partial charge in [0, 0.05) is 74.1 Å². The average Bonchev–Trinajstić information content (AvgIpc) is 3.34. The molecule has 0 unspecified atom stereocenters. The van der Waals surface area contributed by atoms with E-state index in [2.05, 4.69) is 38.1 Å². The number of anilines is 1. The number of hydrogen-bond acceptors (Lipinski definition) is 8. The topological polar surface area (TPSA) is 105 Å². The molecular weight excluding hydrogens is 558 g/mol. The lowest BCUT2D eigenvalue weighted by Crippen LogP contribution is -2.47. The monoisotopic (exact) mass is 593 g/mol. The summed E-state index contributed by atoms with van der Waals surface area (Å²) < 4.78 is 3.19. The molecule has 0 amide bonds. The lowest BCUT2D eigenvalue weighted by Gasteiger charge is -2.38. The van der Waals surface area contributed by atoms with E-state index in [1.165, 1.54) is 16.6 Å². The second kappa shape index (κ2) is 11.8. The lowest BCUT2D eigenvalue weighted by molar-refractivity contribution is -0.0364. The highest BCUT2D eigenvalue weighted by Crippen LogP contribution is 2.30. The van der Waals surface area contributed by atoms with Crippen LogP contribution in [0.2, 0.25) is 5.02 Å². The van der Waals surface area contributed by atoms with Crippen LogP contribution < -0.4 is 16.2 Å². The first-order chi connectivity index (χ1) is 19.8. The number of aromatic nitrogens is 4. The Morgan fingerprint density at radius 2 is 1.78 bits per heavy atom. The Labute approximate surface area is 248 Å². The summed E-state index contributed by atoms with van der Waals surface area (Å²) in [5.74, 6) is 2.30. The van der Waals surface area contributed by atoms with Crippen LogP contribution in [0.1, 0.15) is 24.0 Å². The largest absolute Gasteiger partial charge is 0.388 e. The van der Waals surface area contributed by atoms with E-state index in [-0.39, 0.29) is 12.1 Å². The van der Waals surface area contributed by atoms with Crippen molar-refractivity contribution in [2.75, 3.05) is 42.6 Å². The number of fused-ring (bicyclic) bond motifs is 1. The van der Waals surface area contributed by atoms with Crippen LogP contribution in [0.4, 0.5) is 5.69 Å². The Morgan fingerprint density at radius 1 is 1.05 bits per heavy atom. The molecule has 0 bridgehead atoms. The summed E-state index contributed by atoms with van der Waals surface area (Å²) in [6.45, 7) is 4.94. The van der Waals surface area contributed by atoms with Gasteiger partial charge in [-0.15, -0.1) is 0 Å². The number of aliphatic hydroxyl groups is 1. The standard InChI is InChI=1S/C30H36ClN7O2S/c1-35-28(22-4-2-21(17-32)3-5-22)26-27(34-35)29(39)38(20-33-26)19-30(40)8-10-36(11-9-30)18-23-6-7-24(16-25(23)31)37-12-14-41-15-13-37/h2-7,16,20,40H,8-15,17-19,32H2,1H3. The number of likely N-dealkylation sites (tertiary alicyclic amines) is 1. The highest BCUT2D eigenvalue weighted by Gasteiger charge is 2.33. The molecule has 216 valence electrons. The first-order valence-corrected chi connectivity index (χ1v) is 15.6. The molecule has 0 saturated carbocycles. The van der Waals surface area contributed by atoms with Crippen LogP contribution in [-0.2, 0) is 26.7 Å². The Balaban J connectivity index is 1.12. The molecule has 0 aliphatic carbocycles. The fraction of sp³-hybridized carbons (Fsp3) is 0.433. The zero-order chi connectivity index (χ0) is 28.6. The van der Waals surface area contributed by atoms with Crippen molar-refractivity contribution in [2.45, 2.75) is 38.1 Å². The number of rotatable bonds is 7. The number of nitrogens with zero attached hydrogens (tertiary/aromatic N) is 6. The molecule has 2 fully saturated rings. The van der Waals surface area contributed by atoms with E-state index in [0.29, 0.717) is 30.4 Å². The van der Waals surface area contributed by atoms with E-state index in [0.717, 1.165) is 71.6 Å². The van der Waals surface area contributed by atoms with Crippen molar-refractivity contribution in [2.24, 2.45) is 12.8 Å². The number of thioether (sulfide) groups is 1. The van der Waals surface area contributed by atoms with Gasteiger partial charge in [0.15, 0.2) is 5.52 Å². The summed E-state index contributed by atoms with van der Waals surface area (Å²) in [5.41, 5.74) is 10.4. The van der Waals surface area contributed by atoms with Crippen LogP contribution >= 0.6 is 23.4 Å². The Bertz CT molecular complexity index is 1590. The minimum Gasteiger partial charge on any atom is -0.388 e. The summed E-state index contributed by atoms with van der Waals surface area (Å²) in [5, 5.41) is 16.7. The Hall–Kier alpha value is -2.89. The first kappa shape index (κ1) is 28.2. The molecule has 4 heterocycles. The maximum atomic E-state index is 13.4. The van der Waals surface area contributed by atoms with Crippen LogP contribution in [0.5, 0.6) is 0 Å². The fourth-order valence-corrected chi connectivity index (χ4v) is 6.99. The van der Waals surface area contributed by atoms with Crippen LogP contribution in [-0.4, -0.2) is 72.6 Å². The van der Waals surface area contributed by atoms with Gasteiger partial charge < -0.3 is 15.7 Å². The summed E-state index contributed by atoms with van der Waals surface area (Å²) >= 11 is 8.69. The van der Waals surface area contributed by atoms with Gasteiger partial charge in [0.25, 0.3) is 5.56 Å². The van der Waals surface area contributed by atoms with Gasteiger partial charge in [-0.3, -0.25) is 18.9 Å². The molecule has 2 aliphatic heterocycles. The van der Waals surface area contributed by atoms with Gasteiger partial charge >= 0.3 is 0 Å². The van der Waals surface area contributed by atoms with Crippen molar-refractivity contribution in [1.29, 1.82) is 0 Å². The molecule has 0 spiro atoms. The Kier molecular flexibility index (Phi) is 8.11. The molecule has 0 radical (unpaired) electrons. The summed E-state index contributed by atoms with van der Waals surface area (Å²) in [7, 11) is 1.81. The quantitative estimate of drug-likeness (QED) is 0.336. The zero-order valence-corrected chi connectivity index (χ0v) is 24.9. The predicted molar refractivity (Wildman–Crippen MR) is 167 cm³/mol. The van der Waals surface area contributed by atoms with Crippen molar-refractivity contribution in [3.8, 4) is 11.3 Å². The number of halogens is 1. The SMILES string of the molecule is Cn1nc2c(=O)n(CC3(O)CCN(Cc4ccc(N5CCSCC5)cc4Cl)CC3)cnc2c1-c1ccc(CN)cc1. The molecule has 0 atom stereocenters. The van der Waals surface area contributed by atoms with Crippen molar-refractivity contribution in [1.82, 2.24) is 24.2 Å². The number of piperidine rings is 1. The van der Waals surface area contributed by atoms with Gasteiger partial charge in [0.2, 0.25) is 0 Å². The zero-order valence-electron chi connectivity index (χ0n) is 23.3. The van der Waals surface area contributed by atoms with E-state index in [1.807, 2.05) is 43.1 Å². The summed E-state index contributed by atoms with van der Waals surface area (Å²) in [6, 6.07) is 14.3. The molecule has 11 heteroatoms. The van der Waals surface area contributed by atoms with E-state index < -0.39 is 5.60 Å². The predicted octanol–water partition coefficient (Wildman–Crippen LogP) is 3.49. The number of nitrogens with two attached hydrogens (primary N) is 1. The molecule has 3 N–H and O–H groups in total. The van der Waals surface area contributed by atoms with Crippen LogP contribution in [0.3, 0.4) is 0 Å². The van der Waals surface area contributed by atoms with Gasteiger partial charge in [-0.1, -0.05) is 41.9 Å². The summed E-state index contributed by atoms with van der Waals surface area (Å²) in [4.78, 5) is 22.7. The van der Waals surface area contributed by atoms with Gasteiger partial charge in [-0.05, 0) is 36.1 Å². The van der Waals surface area contributed by atoms with E-state index in [4.69, 9.17) is 17.3 Å². The molecule has 2 saturated heterocycles. The highest BCUT2D eigenvalue weighted by atomic mass is 35.5. The maximum absolute atomic E-state index is 13.4. The fourth-order valence-electron chi connectivity index (χ4n) is 5.86. The first-order valence-electron chi connectivity index (χ1n) is 14.1. The van der Waals surface area contributed by atoms with E-state index in [9.17, 15) is 9.90 Å². The third kappa shape index (κ3) is 5.89. The molecule has 2 aliphatic rings. The van der Waals surface area contributed by atoms with Crippen molar-refractivity contribution >= 4 is 40.1 Å². The molecule has 41 heavy (non-hydrogen) atoms. The van der Waals surface area contributed by atoms with Crippen LogP contribution in [0.15, 0.2) is 53.6 Å². The number of aryl methyl sites for hydroxylation is 1. The second-order valence-electron chi connectivity index (χ2n) is 11.1. The molecule has 9 nitrogen and oxygen atoms in total. The number of benzene rings is 2. The second-order valence-corrected chi connectivity index (χ2v) is 12.8. The van der Waals surface area contributed by atoms with E-state index in [1.54, 1.807) is 4.68 Å². The molecule has 4 aromatic rings.